The summed E-state index contributed by atoms with van der Waals surface area (Å²) in [5, 5.41) is 5.50. The molecular formula is C13H13BrN2O2. The van der Waals surface area contributed by atoms with E-state index in [2.05, 4.69) is 26.6 Å². The molecule has 2 N–H and O–H groups in total. The molecule has 0 aliphatic carbocycles. The molecule has 1 aromatic heterocycles. The van der Waals surface area contributed by atoms with Crippen molar-refractivity contribution < 1.29 is 9.21 Å². The maximum Gasteiger partial charge on any atom is 0.315 e. The second kappa shape index (κ2) is 6.26. The molecule has 1 heterocycles. The number of halogens is 1. The highest BCUT2D eigenvalue weighted by atomic mass is 79.9. The Morgan fingerprint density at radius 2 is 1.89 bits per heavy atom. The first-order valence-electron chi connectivity index (χ1n) is 5.53. The van der Waals surface area contributed by atoms with E-state index in [4.69, 9.17) is 4.42 Å². The van der Waals surface area contributed by atoms with Crippen LogP contribution in [0.3, 0.4) is 0 Å². The number of furan rings is 1. The van der Waals surface area contributed by atoms with Gasteiger partial charge in [0, 0.05) is 11.0 Å². The van der Waals surface area contributed by atoms with E-state index in [-0.39, 0.29) is 6.03 Å². The van der Waals surface area contributed by atoms with Crippen LogP contribution in [-0.4, -0.2) is 6.03 Å². The van der Waals surface area contributed by atoms with Crippen LogP contribution in [0.1, 0.15) is 11.3 Å². The molecular weight excluding hydrogens is 296 g/mol. The van der Waals surface area contributed by atoms with E-state index in [9.17, 15) is 4.79 Å². The number of carbonyl (C=O) groups is 1. The molecule has 0 atom stereocenters. The predicted octanol–water partition coefficient (Wildman–Crippen LogP) is 3.04. The van der Waals surface area contributed by atoms with Crippen molar-refractivity contribution in [1.82, 2.24) is 10.6 Å². The number of nitrogens with one attached hydrogen (secondary N) is 2. The van der Waals surface area contributed by atoms with Crippen molar-refractivity contribution in [3.05, 3.63) is 58.5 Å². The molecule has 18 heavy (non-hydrogen) atoms. The van der Waals surface area contributed by atoms with Gasteiger partial charge in [-0.25, -0.2) is 4.79 Å². The number of urea groups is 1. The lowest BCUT2D eigenvalue weighted by molar-refractivity contribution is 0.239. The largest absolute Gasteiger partial charge is 0.467 e. The summed E-state index contributed by atoms with van der Waals surface area (Å²) in [6, 6.07) is 11.1. The average molecular weight is 309 g/mol. The first-order chi connectivity index (χ1) is 8.75. The smallest absolute Gasteiger partial charge is 0.315 e. The van der Waals surface area contributed by atoms with Gasteiger partial charge in [-0.1, -0.05) is 34.1 Å². The minimum absolute atomic E-state index is 0.220. The quantitative estimate of drug-likeness (QED) is 0.912. The van der Waals surface area contributed by atoms with Gasteiger partial charge in [0.2, 0.25) is 0 Å². The fourth-order valence-electron chi connectivity index (χ4n) is 1.46. The Labute approximate surface area is 114 Å². The maximum absolute atomic E-state index is 11.5. The molecule has 0 saturated carbocycles. The zero-order chi connectivity index (χ0) is 12.8. The third-order valence-corrected chi connectivity index (χ3v) is 3.17. The number of rotatable bonds is 4. The summed E-state index contributed by atoms with van der Waals surface area (Å²) in [6.45, 7) is 0.861. The van der Waals surface area contributed by atoms with E-state index >= 15 is 0 Å². The molecule has 94 valence electrons. The molecule has 2 aromatic rings. The van der Waals surface area contributed by atoms with Crippen molar-refractivity contribution in [3.8, 4) is 0 Å². The van der Waals surface area contributed by atoms with Gasteiger partial charge in [-0.05, 0) is 23.8 Å². The summed E-state index contributed by atoms with van der Waals surface area (Å²) < 4.78 is 6.10. The van der Waals surface area contributed by atoms with Gasteiger partial charge in [-0.2, -0.15) is 0 Å². The van der Waals surface area contributed by atoms with Crippen molar-refractivity contribution in [3.63, 3.8) is 0 Å². The molecule has 0 aliphatic heterocycles. The zero-order valence-electron chi connectivity index (χ0n) is 9.65. The van der Waals surface area contributed by atoms with E-state index in [0.29, 0.717) is 13.1 Å². The average Bonchev–Trinajstić information content (AvgIpc) is 2.88. The highest BCUT2D eigenvalue weighted by molar-refractivity contribution is 9.10. The standard InChI is InChI=1S/C13H13BrN2O2/c14-12-6-2-1-4-10(12)8-15-13(17)16-9-11-5-3-7-18-11/h1-7H,8-9H2,(H2,15,16,17). The van der Waals surface area contributed by atoms with Gasteiger partial charge in [0.25, 0.3) is 0 Å². The highest BCUT2D eigenvalue weighted by Crippen LogP contribution is 2.15. The molecule has 4 nitrogen and oxygen atoms in total. The first-order valence-corrected chi connectivity index (χ1v) is 6.32. The van der Waals surface area contributed by atoms with Crippen molar-refractivity contribution in [2.45, 2.75) is 13.1 Å². The number of carbonyl (C=O) groups excluding carboxylic acids is 1. The molecule has 0 radical (unpaired) electrons. The van der Waals surface area contributed by atoms with Crippen molar-refractivity contribution in [2.24, 2.45) is 0 Å². The van der Waals surface area contributed by atoms with Gasteiger partial charge in [0.15, 0.2) is 0 Å². The van der Waals surface area contributed by atoms with E-state index < -0.39 is 0 Å². The first kappa shape index (κ1) is 12.7. The molecule has 2 amide bonds. The molecule has 1 aromatic carbocycles. The van der Waals surface area contributed by atoms with Crippen LogP contribution in [0, 0.1) is 0 Å². The number of benzene rings is 1. The zero-order valence-corrected chi connectivity index (χ0v) is 11.2. The summed E-state index contributed by atoms with van der Waals surface area (Å²) in [5.41, 5.74) is 1.03. The van der Waals surface area contributed by atoms with Crippen LogP contribution in [-0.2, 0) is 13.1 Å². The van der Waals surface area contributed by atoms with Gasteiger partial charge in [0.05, 0.1) is 12.8 Å². The third kappa shape index (κ3) is 3.63. The summed E-state index contributed by atoms with van der Waals surface area (Å²) in [5.74, 6) is 0.728. The van der Waals surface area contributed by atoms with E-state index in [1.165, 1.54) is 0 Å². The summed E-state index contributed by atoms with van der Waals surface area (Å²) in [4.78, 5) is 11.5. The Morgan fingerprint density at radius 3 is 2.61 bits per heavy atom. The molecule has 2 rings (SSSR count). The molecule has 5 heteroatoms. The van der Waals surface area contributed by atoms with Gasteiger partial charge in [-0.3, -0.25) is 0 Å². The Balaban J connectivity index is 1.77. The lowest BCUT2D eigenvalue weighted by Gasteiger charge is -2.07. The van der Waals surface area contributed by atoms with E-state index in [0.717, 1.165) is 15.8 Å². The van der Waals surface area contributed by atoms with Crippen LogP contribution in [0.25, 0.3) is 0 Å². The van der Waals surface area contributed by atoms with Gasteiger partial charge in [-0.15, -0.1) is 0 Å². The minimum atomic E-state index is -0.220. The monoisotopic (exact) mass is 308 g/mol. The normalized spacial score (nSPS) is 10.1. The molecule has 0 bridgehead atoms. The SMILES string of the molecule is O=C(NCc1ccco1)NCc1ccccc1Br. The van der Waals surface area contributed by atoms with Crippen molar-refractivity contribution >= 4 is 22.0 Å². The van der Waals surface area contributed by atoms with E-state index in [1.807, 2.05) is 30.3 Å². The Hall–Kier alpha value is -1.75. The highest BCUT2D eigenvalue weighted by Gasteiger charge is 2.03. The molecule has 0 unspecified atom stereocenters. The second-order valence-electron chi connectivity index (χ2n) is 3.71. The van der Waals surface area contributed by atoms with Gasteiger partial charge < -0.3 is 15.1 Å². The third-order valence-electron chi connectivity index (χ3n) is 2.40. The number of amides is 2. The molecule has 0 fully saturated rings. The molecule has 0 saturated heterocycles. The van der Waals surface area contributed by atoms with Crippen molar-refractivity contribution in [1.29, 1.82) is 0 Å². The minimum Gasteiger partial charge on any atom is -0.467 e. The van der Waals surface area contributed by atoms with Crippen LogP contribution in [0.5, 0.6) is 0 Å². The van der Waals surface area contributed by atoms with Gasteiger partial charge in [0.1, 0.15) is 5.76 Å². The lowest BCUT2D eigenvalue weighted by atomic mass is 10.2. The fraction of sp³-hybridized carbons (Fsp3) is 0.154. The summed E-state index contributed by atoms with van der Waals surface area (Å²) >= 11 is 3.43. The fourth-order valence-corrected chi connectivity index (χ4v) is 1.89. The van der Waals surface area contributed by atoms with E-state index in [1.54, 1.807) is 12.3 Å². The Bertz CT molecular complexity index is 511. The Morgan fingerprint density at radius 1 is 1.11 bits per heavy atom. The summed E-state index contributed by atoms with van der Waals surface area (Å²) in [7, 11) is 0. The van der Waals surface area contributed by atoms with Gasteiger partial charge >= 0.3 is 6.03 Å². The van der Waals surface area contributed by atoms with Crippen molar-refractivity contribution in [2.75, 3.05) is 0 Å². The lowest BCUT2D eigenvalue weighted by Crippen LogP contribution is -2.34. The van der Waals surface area contributed by atoms with Crippen LogP contribution in [0.15, 0.2) is 51.6 Å². The molecule has 0 spiro atoms. The molecule has 0 aliphatic rings. The van der Waals surface area contributed by atoms with Crippen LogP contribution in [0.2, 0.25) is 0 Å². The predicted molar refractivity (Wildman–Crippen MR) is 71.9 cm³/mol. The van der Waals surface area contributed by atoms with Crippen LogP contribution >= 0.6 is 15.9 Å². The second-order valence-corrected chi connectivity index (χ2v) is 4.56. The number of hydrogen-bond acceptors (Lipinski definition) is 2. The maximum atomic E-state index is 11.5. The topological polar surface area (TPSA) is 54.3 Å². The number of hydrogen-bond donors (Lipinski definition) is 2. The van der Waals surface area contributed by atoms with Crippen LogP contribution < -0.4 is 10.6 Å². The van der Waals surface area contributed by atoms with Crippen LogP contribution in [0.4, 0.5) is 4.79 Å². The summed E-state index contributed by atoms with van der Waals surface area (Å²) in [6.07, 6.45) is 1.58. The Kier molecular flexibility index (Phi) is 4.41.